The van der Waals surface area contributed by atoms with Crippen molar-refractivity contribution in [2.24, 2.45) is 5.92 Å². The highest BCUT2D eigenvalue weighted by Gasteiger charge is 2.15. The Kier molecular flexibility index (Phi) is 3.11. The number of halogens is 1. The van der Waals surface area contributed by atoms with Crippen molar-refractivity contribution in [1.82, 2.24) is 14.8 Å². The van der Waals surface area contributed by atoms with Gasteiger partial charge in [-0.15, -0.1) is 10.2 Å². The van der Waals surface area contributed by atoms with Crippen LogP contribution in [0.3, 0.4) is 0 Å². The molecule has 72 valence electrons. The van der Waals surface area contributed by atoms with Gasteiger partial charge in [0, 0.05) is 6.54 Å². The van der Waals surface area contributed by atoms with E-state index in [2.05, 4.69) is 10.2 Å². The summed E-state index contributed by atoms with van der Waals surface area (Å²) in [6.45, 7) is 0.979. The van der Waals surface area contributed by atoms with Crippen LogP contribution in [0.4, 0.5) is 0 Å². The van der Waals surface area contributed by atoms with E-state index in [-0.39, 0.29) is 0 Å². The molecule has 5 heteroatoms. The van der Waals surface area contributed by atoms with Crippen molar-refractivity contribution in [3.05, 3.63) is 11.6 Å². The first kappa shape index (κ1) is 9.34. The normalized spacial score (nSPS) is 19.2. The molecule has 13 heavy (non-hydrogen) atoms. The van der Waals surface area contributed by atoms with Crippen LogP contribution >= 0.6 is 23.4 Å². The van der Waals surface area contributed by atoms with Crippen molar-refractivity contribution in [1.29, 1.82) is 0 Å². The highest BCUT2D eigenvalue weighted by Crippen LogP contribution is 2.24. The molecule has 1 aliphatic heterocycles. The topological polar surface area (TPSA) is 30.7 Å². The molecule has 0 amide bonds. The number of hydrogen-bond acceptors (Lipinski definition) is 3. The molecule has 0 spiro atoms. The first-order valence-corrected chi connectivity index (χ1v) is 6.00. The molecule has 1 aromatic rings. The molecule has 3 nitrogen and oxygen atoms in total. The van der Waals surface area contributed by atoms with Crippen LogP contribution in [0, 0.1) is 5.92 Å². The zero-order valence-corrected chi connectivity index (χ0v) is 8.89. The maximum atomic E-state index is 5.84. The van der Waals surface area contributed by atoms with Gasteiger partial charge in [0.05, 0.1) is 0 Å². The average molecular weight is 218 g/mol. The molecule has 1 saturated heterocycles. The van der Waals surface area contributed by atoms with Gasteiger partial charge < -0.3 is 4.57 Å². The summed E-state index contributed by atoms with van der Waals surface area (Å²) in [6.07, 6.45) is 4.29. The monoisotopic (exact) mass is 217 g/mol. The SMILES string of the molecule is Clc1nncn1CC1CCSCC1. The Hall–Kier alpha value is -0.220. The number of nitrogens with zero attached hydrogens (tertiary/aromatic N) is 3. The summed E-state index contributed by atoms with van der Waals surface area (Å²) >= 11 is 7.89. The zero-order chi connectivity index (χ0) is 9.10. The van der Waals surface area contributed by atoms with Crippen molar-refractivity contribution < 1.29 is 0 Å². The number of aromatic nitrogens is 3. The van der Waals surface area contributed by atoms with E-state index in [0.29, 0.717) is 5.28 Å². The molecule has 0 atom stereocenters. The highest BCUT2D eigenvalue weighted by molar-refractivity contribution is 7.99. The van der Waals surface area contributed by atoms with Gasteiger partial charge in [0.2, 0.25) is 5.28 Å². The summed E-state index contributed by atoms with van der Waals surface area (Å²) in [5, 5.41) is 8.03. The Bertz CT molecular complexity index is 270. The van der Waals surface area contributed by atoms with Gasteiger partial charge in [0.25, 0.3) is 0 Å². The van der Waals surface area contributed by atoms with Crippen LogP contribution in [-0.2, 0) is 6.54 Å². The Labute approximate surface area is 86.9 Å². The molecule has 1 aliphatic rings. The largest absolute Gasteiger partial charge is 0.304 e. The summed E-state index contributed by atoms with van der Waals surface area (Å²) in [5.74, 6) is 3.32. The quantitative estimate of drug-likeness (QED) is 0.760. The van der Waals surface area contributed by atoms with Crippen LogP contribution in [0.5, 0.6) is 0 Å². The van der Waals surface area contributed by atoms with E-state index in [1.165, 1.54) is 24.3 Å². The second-order valence-corrected chi connectivity index (χ2v) is 4.87. The summed E-state index contributed by atoms with van der Waals surface area (Å²) in [5.41, 5.74) is 0. The molecule has 1 fully saturated rings. The maximum Gasteiger partial charge on any atom is 0.224 e. The predicted molar refractivity (Wildman–Crippen MR) is 55.1 cm³/mol. The molecule has 2 heterocycles. The lowest BCUT2D eigenvalue weighted by Crippen LogP contribution is -2.15. The molecule has 0 bridgehead atoms. The van der Waals surface area contributed by atoms with Gasteiger partial charge in [0.1, 0.15) is 6.33 Å². The molecule has 2 rings (SSSR count). The molecular formula is C8H12ClN3S. The predicted octanol–water partition coefficient (Wildman–Crippen LogP) is 2.07. The Morgan fingerprint density at radius 3 is 2.92 bits per heavy atom. The second-order valence-electron chi connectivity index (χ2n) is 3.31. The van der Waals surface area contributed by atoms with Crippen molar-refractivity contribution in [2.75, 3.05) is 11.5 Å². The molecule has 0 aromatic carbocycles. The standard InChI is InChI=1S/C8H12ClN3S/c9-8-11-10-6-12(8)5-7-1-3-13-4-2-7/h6-7H,1-5H2. The molecule has 0 aliphatic carbocycles. The molecule has 0 N–H and O–H groups in total. The fourth-order valence-electron chi connectivity index (χ4n) is 1.57. The fourth-order valence-corrected chi connectivity index (χ4v) is 2.93. The molecule has 0 radical (unpaired) electrons. The van der Waals surface area contributed by atoms with Gasteiger partial charge in [0.15, 0.2) is 0 Å². The molecular weight excluding hydrogens is 206 g/mol. The smallest absolute Gasteiger partial charge is 0.224 e. The van der Waals surface area contributed by atoms with E-state index in [1.54, 1.807) is 6.33 Å². The van der Waals surface area contributed by atoms with Gasteiger partial charge in [-0.05, 0) is 41.9 Å². The summed E-state index contributed by atoms with van der Waals surface area (Å²) < 4.78 is 1.93. The number of thioether (sulfide) groups is 1. The lowest BCUT2D eigenvalue weighted by Gasteiger charge is -2.21. The summed E-state index contributed by atoms with van der Waals surface area (Å²) in [7, 11) is 0. The average Bonchev–Trinajstić information content (AvgIpc) is 2.54. The molecule has 1 aromatic heterocycles. The van der Waals surface area contributed by atoms with Crippen LogP contribution in [0.15, 0.2) is 6.33 Å². The van der Waals surface area contributed by atoms with Crippen LogP contribution in [0.1, 0.15) is 12.8 Å². The van der Waals surface area contributed by atoms with E-state index in [9.17, 15) is 0 Å². The third-order valence-corrected chi connectivity index (χ3v) is 3.71. The first-order chi connectivity index (χ1) is 6.36. The summed E-state index contributed by atoms with van der Waals surface area (Å²) in [4.78, 5) is 0. The Morgan fingerprint density at radius 2 is 2.31 bits per heavy atom. The maximum absolute atomic E-state index is 5.84. The molecule has 0 saturated carbocycles. The lowest BCUT2D eigenvalue weighted by molar-refractivity contribution is 0.416. The first-order valence-electron chi connectivity index (χ1n) is 4.47. The Morgan fingerprint density at radius 1 is 1.54 bits per heavy atom. The minimum atomic E-state index is 0.512. The highest BCUT2D eigenvalue weighted by atomic mass is 35.5. The molecule has 0 unspecified atom stereocenters. The van der Waals surface area contributed by atoms with E-state index in [0.717, 1.165) is 12.5 Å². The number of hydrogen-bond donors (Lipinski definition) is 0. The third kappa shape index (κ3) is 2.38. The van der Waals surface area contributed by atoms with E-state index >= 15 is 0 Å². The van der Waals surface area contributed by atoms with Crippen LogP contribution < -0.4 is 0 Å². The van der Waals surface area contributed by atoms with Crippen molar-refractivity contribution >= 4 is 23.4 Å². The number of rotatable bonds is 2. The second kappa shape index (κ2) is 4.33. The zero-order valence-electron chi connectivity index (χ0n) is 7.32. The van der Waals surface area contributed by atoms with Crippen LogP contribution in [-0.4, -0.2) is 26.3 Å². The van der Waals surface area contributed by atoms with Crippen molar-refractivity contribution in [3.63, 3.8) is 0 Å². The van der Waals surface area contributed by atoms with Gasteiger partial charge in [-0.25, -0.2) is 0 Å². The summed E-state index contributed by atoms with van der Waals surface area (Å²) in [6, 6.07) is 0. The Balaban J connectivity index is 1.93. The van der Waals surface area contributed by atoms with Gasteiger partial charge >= 0.3 is 0 Å². The third-order valence-electron chi connectivity index (χ3n) is 2.36. The van der Waals surface area contributed by atoms with Gasteiger partial charge in [-0.2, -0.15) is 11.8 Å². The fraction of sp³-hybridized carbons (Fsp3) is 0.750. The van der Waals surface area contributed by atoms with E-state index in [1.807, 2.05) is 16.3 Å². The van der Waals surface area contributed by atoms with Crippen molar-refractivity contribution in [3.8, 4) is 0 Å². The lowest BCUT2D eigenvalue weighted by atomic mass is 10.0. The van der Waals surface area contributed by atoms with Gasteiger partial charge in [-0.3, -0.25) is 0 Å². The minimum absolute atomic E-state index is 0.512. The van der Waals surface area contributed by atoms with E-state index < -0.39 is 0 Å². The van der Waals surface area contributed by atoms with E-state index in [4.69, 9.17) is 11.6 Å². The van der Waals surface area contributed by atoms with Crippen molar-refractivity contribution in [2.45, 2.75) is 19.4 Å². The van der Waals surface area contributed by atoms with Crippen LogP contribution in [0.25, 0.3) is 0 Å². The minimum Gasteiger partial charge on any atom is -0.304 e. The van der Waals surface area contributed by atoms with Crippen LogP contribution in [0.2, 0.25) is 5.28 Å². The van der Waals surface area contributed by atoms with Gasteiger partial charge in [-0.1, -0.05) is 0 Å².